The van der Waals surface area contributed by atoms with Gasteiger partial charge < -0.3 is 15.0 Å². The summed E-state index contributed by atoms with van der Waals surface area (Å²) in [6.45, 7) is 9.27. The molecule has 0 bridgehead atoms. The van der Waals surface area contributed by atoms with Crippen molar-refractivity contribution in [3.8, 4) is 5.75 Å². The van der Waals surface area contributed by atoms with E-state index in [1.165, 1.54) is 0 Å². The molecule has 0 saturated heterocycles. The van der Waals surface area contributed by atoms with Crippen molar-refractivity contribution in [2.75, 3.05) is 18.4 Å². The fourth-order valence-corrected chi connectivity index (χ4v) is 2.35. The molecule has 128 valence electrons. The number of pyridine rings is 1. The van der Waals surface area contributed by atoms with Crippen LogP contribution in [0.25, 0.3) is 0 Å². The van der Waals surface area contributed by atoms with E-state index in [0.717, 1.165) is 17.1 Å². The monoisotopic (exact) mass is 327 g/mol. The molecule has 1 aromatic carbocycles. The maximum Gasteiger partial charge on any atom is 0.272 e. The van der Waals surface area contributed by atoms with Gasteiger partial charge in [-0.3, -0.25) is 9.78 Å². The lowest BCUT2D eigenvalue weighted by Crippen LogP contribution is -2.31. The zero-order chi connectivity index (χ0) is 17.5. The third-order valence-electron chi connectivity index (χ3n) is 3.54. The zero-order valence-corrected chi connectivity index (χ0v) is 14.7. The van der Waals surface area contributed by atoms with Gasteiger partial charge in [0, 0.05) is 30.7 Å². The lowest BCUT2D eigenvalue weighted by Gasteiger charge is -2.18. The first-order chi connectivity index (χ1) is 11.5. The third kappa shape index (κ3) is 4.72. The molecule has 0 aliphatic carbocycles. The van der Waals surface area contributed by atoms with Crippen LogP contribution in [0.15, 0.2) is 42.6 Å². The minimum absolute atomic E-state index is 0.0515. The van der Waals surface area contributed by atoms with E-state index in [1.54, 1.807) is 17.2 Å². The number of hydrogen-bond acceptors (Lipinski definition) is 4. The van der Waals surface area contributed by atoms with Crippen LogP contribution in [-0.4, -0.2) is 35.0 Å². The normalized spacial score (nSPS) is 10.5. The smallest absolute Gasteiger partial charge is 0.272 e. The lowest BCUT2D eigenvalue weighted by atomic mass is 10.2. The fourth-order valence-electron chi connectivity index (χ4n) is 2.35. The Kier molecular flexibility index (Phi) is 6.18. The van der Waals surface area contributed by atoms with E-state index in [1.807, 2.05) is 58.0 Å². The molecule has 0 saturated carbocycles. The molecule has 0 spiro atoms. The van der Waals surface area contributed by atoms with E-state index in [-0.39, 0.29) is 12.0 Å². The van der Waals surface area contributed by atoms with Crippen LogP contribution in [0.1, 0.15) is 38.2 Å². The molecule has 2 aromatic rings. The number of aromatic nitrogens is 1. The maximum atomic E-state index is 12.4. The van der Waals surface area contributed by atoms with Crippen LogP contribution >= 0.6 is 0 Å². The molecule has 0 unspecified atom stereocenters. The van der Waals surface area contributed by atoms with E-state index >= 15 is 0 Å². The van der Waals surface area contributed by atoms with Crippen LogP contribution in [0.2, 0.25) is 0 Å². The molecule has 2 rings (SSSR count). The molecule has 1 aromatic heterocycles. The van der Waals surface area contributed by atoms with Crippen LogP contribution in [0.4, 0.5) is 11.4 Å². The van der Waals surface area contributed by atoms with Crippen molar-refractivity contribution in [3.05, 3.63) is 48.3 Å². The van der Waals surface area contributed by atoms with Gasteiger partial charge in [0.05, 0.1) is 6.10 Å². The van der Waals surface area contributed by atoms with Gasteiger partial charge >= 0.3 is 0 Å². The molecule has 5 heteroatoms. The first-order valence-electron chi connectivity index (χ1n) is 8.32. The first-order valence-corrected chi connectivity index (χ1v) is 8.32. The molecule has 0 aliphatic rings. The second-order valence-corrected chi connectivity index (χ2v) is 5.72. The van der Waals surface area contributed by atoms with Crippen LogP contribution < -0.4 is 10.1 Å². The predicted molar refractivity (Wildman–Crippen MR) is 97.0 cm³/mol. The van der Waals surface area contributed by atoms with E-state index in [2.05, 4.69) is 10.3 Å². The summed E-state index contributed by atoms with van der Waals surface area (Å²) in [4.78, 5) is 18.3. The van der Waals surface area contributed by atoms with Crippen LogP contribution in [0.5, 0.6) is 5.75 Å². The summed E-state index contributed by atoms with van der Waals surface area (Å²) in [7, 11) is 0. The summed E-state index contributed by atoms with van der Waals surface area (Å²) in [6.07, 6.45) is 1.80. The number of hydrogen-bond donors (Lipinski definition) is 1. The quantitative estimate of drug-likeness (QED) is 0.832. The van der Waals surface area contributed by atoms with Gasteiger partial charge in [0.2, 0.25) is 0 Å². The largest absolute Gasteiger partial charge is 0.491 e. The Balaban J connectivity index is 2.10. The number of benzene rings is 1. The minimum Gasteiger partial charge on any atom is -0.491 e. The first kappa shape index (κ1) is 17.8. The van der Waals surface area contributed by atoms with E-state index in [4.69, 9.17) is 4.74 Å². The molecule has 0 atom stereocenters. The summed E-state index contributed by atoms with van der Waals surface area (Å²) in [6, 6.07) is 11.4. The van der Waals surface area contributed by atoms with Crippen molar-refractivity contribution >= 4 is 17.3 Å². The Labute approximate surface area is 143 Å². The maximum absolute atomic E-state index is 12.4. The van der Waals surface area contributed by atoms with Crippen molar-refractivity contribution in [1.29, 1.82) is 0 Å². The van der Waals surface area contributed by atoms with Crippen molar-refractivity contribution in [3.63, 3.8) is 0 Å². The number of ether oxygens (including phenoxy) is 1. The van der Waals surface area contributed by atoms with Crippen molar-refractivity contribution < 1.29 is 9.53 Å². The van der Waals surface area contributed by atoms with Crippen molar-refractivity contribution in [1.82, 2.24) is 9.88 Å². The highest BCUT2D eigenvalue weighted by atomic mass is 16.5. The van der Waals surface area contributed by atoms with Gasteiger partial charge in [-0.2, -0.15) is 0 Å². The molecule has 1 amide bonds. The molecule has 0 fully saturated rings. The summed E-state index contributed by atoms with van der Waals surface area (Å²) in [5.74, 6) is 0.784. The number of carbonyl (C=O) groups excluding carboxylic acids is 1. The number of rotatable bonds is 7. The average Bonchev–Trinajstić information content (AvgIpc) is 2.57. The second kappa shape index (κ2) is 8.34. The van der Waals surface area contributed by atoms with Gasteiger partial charge in [0.15, 0.2) is 0 Å². The summed E-state index contributed by atoms with van der Waals surface area (Å²) in [5, 5.41) is 3.29. The van der Waals surface area contributed by atoms with Crippen LogP contribution in [0, 0.1) is 0 Å². The Bertz CT molecular complexity index is 665. The molecule has 24 heavy (non-hydrogen) atoms. The SMILES string of the molecule is CCN(CC)C(=O)c1cc(Nc2ccc(OC(C)C)cc2)ccn1. The van der Waals surface area contributed by atoms with E-state index < -0.39 is 0 Å². The fraction of sp³-hybridized carbons (Fsp3) is 0.368. The van der Waals surface area contributed by atoms with Gasteiger partial charge in [0.25, 0.3) is 5.91 Å². The molecule has 0 radical (unpaired) electrons. The molecule has 5 nitrogen and oxygen atoms in total. The minimum atomic E-state index is -0.0515. The lowest BCUT2D eigenvalue weighted by molar-refractivity contribution is 0.0767. The highest BCUT2D eigenvalue weighted by molar-refractivity contribution is 5.93. The molecule has 0 aliphatic heterocycles. The summed E-state index contributed by atoms with van der Waals surface area (Å²) < 4.78 is 5.63. The highest BCUT2D eigenvalue weighted by Crippen LogP contribution is 2.21. The molecule has 1 N–H and O–H groups in total. The topological polar surface area (TPSA) is 54.5 Å². The Morgan fingerprint density at radius 2 is 1.79 bits per heavy atom. The number of nitrogens with zero attached hydrogens (tertiary/aromatic N) is 2. The van der Waals surface area contributed by atoms with Crippen molar-refractivity contribution in [2.45, 2.75) is 33.8 Å². The van der Waals surface area contributed by atoms with Crippen molar-refractivity contribution in [2.24, 2.45) is 0 Å². The summed E-state index contributed by atoms with van der Waals surface area (Å²) >= 11 is 0. The number of carbonyl (C=O) groups is 1. The third-order valence-corrected chi connectivity index (χ3v) is 3.54. The molecular formula is C19H25N3O2. The van der Waals surface area contributed by atoms with Gasteiger partial charge in [-0.1, -0.05) is 0 Å². The van der Waals surface area contributed by atoms with Gasteiger partial charge in [0.1, 0.15) is 11.4 Å². The summed E-state index contributed by atoms with van der Waals surface area (Å²) in [5.41, 5.74) is 2.21. The van der Waals surface area contributed by atoms with E-state index in [9.17, 15) is 4.79 Å². The number of anilines is 2. The highest BCUT2D eigenvalue weighted by Gasteiger charge is 2.14. The van der Waals surface area contributed by atoms with Gasteiger partial charge in [-0.05, 0) is 64.1 Å². The number of amides is 1. The standard InChI is InChI=1S/C19H25N3O2/c1-5-22(6-2)19(23)18-13-16(11-12-20-18)21-15-7-9-17(10-8-15)24-14(3)4/h7-14H,5-6H2,1-4H3,(H,20,21). The zero-order valence-electron chi connectivity index (χ0n) is 14.7. The molecular weight excluding hydrogens is 302 g/mol. The second-order valence-electron chi connectivity index (χ2n) is 5.72. The Morgan fingerprint density at radius 3 is 2.38 bits per heavy atom. The Hall–Kier alpha value is -2.56. The van der Waals surface area contributed by atoms with E-state index in [0.29, 0.717) is 18.8 Å². The Morgan fingerprint density at radius 1 is 1.12 bits per heavy atom. The molecule has 1 heterocycles. The predicted octanol–water partition coefficient (Wildman–Crippen LogP) is 4.09. The average molecular weight is 327 g/mol. The van der Waals surface area contributed by atoms with Crippen LogP contribution in [0.3, 0.4) is 0 Å². The number of nitrogens with one attached hydrogen (secondary N) is 1. The van der Waals surface area contributed by atoms with Gasteiger partial charge in [-0.15, -0.1) is 0 Å². The van der Waals surface area contributed by atoms with Crippen LogP contribution in [-0.2, 0) is 0 Å². The van der Waals surface area contributed by atoms with Gasteiger partial charge in [-0.25, -0.2) is 0 Å².